The predicted molar refractivity (Wildman–Crippen MR) is 107 cm³/mol. The molecule has 2 heterocycles. The largest absolute Gasteiger partial charge is 0.320 e. The number of rotatable bonds is 3. The molecule has 1 N–H and O–H groups in total. The van der Waals surface area contributed by atoms with Crippen molar-refractivity contribution in [3.8, 4) is 0 Å². The first-order valence-corrected chi connectivity index (χ1v) is 10.4. The average molecular weight is 402 g/mol. The molecule has 8 heteroatoms. The Morgan fingerprint density at radius 2 is 2.00 bits per heavy atom. The van der Waals surface area contributed by atoms with E-state index in [2.05, 4.69) is 10.3 Å². The van der Waals surface area contributed by atoms with Gasteiger partial charge >= 0.3 is 0 Å². The molecule has 4 rings (SSSR count). The van der Waals surface area contributed by atoms with Gasteiger partial charge in [-0.2, -0.15) is 0 Å². The van der Waals surface area contributed by atoms with Crippen LogP contribution in [0, 0.1) is 0 Å². The molecule has 27 heavy (non-hydrogen) atoms. The Morgan fingerprint density at radius 1 is 1.15 bits per heavy atom. The second-order valence-electron chi connectivity index (χ2n) is 6.27. The number of pyridine rings is 1. The van der Waals surface area contributed by atoms with Gasteiger partial charge in [-0.3, -0.25) is 14.1 Å². The van der Waals surface area contributed by atoms with Crippen molar-refractivity contribution in [3.05, 3.63) is 65.3 Å². The van der Waals surface area contributed by atoms with Gasteiger partial charge in [0.15, 0.2) is 0 Å². The number of hydrogen-bond donors (Lipinski definition) is 1. The summed E-state index contributed by atoms with van der Waals surface area (Å²) in [6.45, 7) is 0.427. The van der Waals surface area contributed by atoms with Crippen molar-refractivity contribution in [1.29, 1.82) is 0 Å². The van der Waals surface area contributed by atoms with Crippen LogP contribution < -0.4 is 9.62 Å². The van der Waals surface area contributed by atoms with Crippen molar-refractivity contribution >= 4 is 49.8 Å². The lowest BCUT2D eigenvalue weighted by Gasteiger charge is -2.17. The fourth-order valence-corrected chi connectivity index (χ4v) is 4.96. The molecule has 1 fully saturated rings. The molecule has 1 aliphatic heterocycles. The molecule has 138 valence electrons. The number of carbonyl (C=O) groups excluding carboxylic acids is 1. The van der Waals surface area contributed by atoms with Gasteiger partial charge in [-0.15, -0.1) is 0 Å². The first-order chi connectivity index (χ1) is 12.9. The first-order valence-electron chi connectivity index (χ1n) is 8.40. The van der Waals surface area contributed by atoms with Gasteiger partial charge in [0.25, 0.3) is 5.91 Å². The lowest BCUT2D eigenvalue weighted by Crippen LogP contribution is -2.25. The van der Waals surface area contributed by atoms with Crippen LogP contribution in [0.15, 0.2) is 54.7 Å². The first kappa shape index (κ1) is 17.8. The van der Waals surface area contributed by atoms with Gasteiger partial charge in [0, 0.05) is 28.7 Å². The monoisotopic (exact) mass is 401 g/mol. The maximum atomic E-state index is 12.7. The third kappa shape index (κ3) is 3.48. The highest BCUT2D eigenvalue weighted by Crippen LogP contribution is 2.28. The number of hydrogen-bond acceptors (Lipinski definition) is 4. The maximum Gasteiger partial charge on any atom is 0.255 e. The highest BCUT2D eigenvalue weighted by atomic mass is 35.5. The van der Waals surface area contributed by atoms with Crippen LogP contribution in [0.5, 0.6) is 0 Å². The minimum atomic E-state index is -3.30. The molecule has 0 atom stereocenters. The molecule has 1 aromatic heterocycles. The zero-order valence-corrected chi connectivity index (χ0v) is 15.8. The molecule has 2 aromatic carbocycles. The number of fused-ring (bicyclic) bond motifs is 1. The van der Waals surface area contributed by atoms with Crippen molar-refractivity contribution in [2.45, 2.75) is 6.42 Å². The second-order valence-corrected chi connectivity index (χ2v) is 8.72. The molecule has 1 saturated heterocycles. The standard InChI is InChI=1S/C19H16ClN3O3S/c20-15-10-13-5-2-7-21-18(13)17(12-15)22-19(24)14-4-1-6-16(11-14)23-8-3-9-27(23,25)26/h1-2,4-7,10-12H,3,8-9H2,(H,22,24). The molecule has 0 spiro atoms. The van der Waals surface area contributed by atoms with E-state index in [0.717, 1.165) is 5.39 Å². The van der Waals surface area contributed by atoms with Crippen LogP contribution in [0.2, 0.25) is 5.02 Å². The SMILES string of the molecule is O=C(Nc1cc(Cl)cc2cccnc12)c1cccc(N2CCCS2(=O)=O)c1. The summed E-state index contributed by atoms with van der Waals surface area (Å²) >= 11 is 6.14. The summed E-state index contributed by atoms with van der Waals surface area (Å²) < 4.78 is 25.6. The number of benzene rings is 2. The summed E-state index contributed by atoms with van der Waals surface area (Å²) in [6.07, 6.45) is 2.23. The van der Waals surface area contributed by atoms with Gasteiger partial charge in [-0.25, -0.2) is 8.42 Å². The second kappa shape index (κ2) is 6.83. The van der Waals surface area contributed by atoms with E-state index in [9.17, 15) is 13.2 Å². The van der Waals surface area contributed by atoms with Crippen molar-refractivity contribution in [3.63, 3.8) is 0 Å². The zero-order chi connectivity index (χ0) is 19.0. The molecule has 0 saturated carbocycles. The van der Waals surface area contributed by atoms with Gasteiger partial charge in [0.2, 0.25) is 10.0 Å². The summed E-state index contributed by atoms with van der Waals surface area (Å²) in [5, 5.41) is 4.13. The number of nitrogens with one attached hydrogen (secondary N) is 1. The van der Waals surface area contributed by atoms with Gasteiger partial charge in [-0.05, 0) is 42.8 Å². The van der Waals surface area contributed by atoms with Crippen LogP contribution in [0.3, 0.4) is 0 Å². The molecular weight excluding hydrogens is 386 g/mol. The molecule has 0 bridgehead atoms. The highest BCUT2D eigenvalue weighted by Gasteiger charge is 2.28. The number of aromatic nitrogens is 1. The summed E-state index contributed by atoms with van der Waals surface area (Å²) in [5.74, 6) is -0.230. The molecule has 1 aliphatic rings. The zero-order valence-electron chi connectivity index (χ0n) is 14.2. The topological polar surface area (TPSA) is 79.4 Å². The Balaban J connectivity index is 1.66. The van der Waals surface area contributed by atoms with E-state index in [4.69, 9.17) is 11.6 Å². The van der Waals surface area contributed by atoms with Crippen molar-refractivity contribution < 1.29 is 13.2 Å². The van der Waals surface area contributed by atoms with Crippen LogP contribution >= 0.6 is 11.6 Å². The van der Waals surface area contributed by atoms with Crippen LogP contribution in [-0.4, -0.2) is 31.6 Å². The van der Waals surface area contributed by atoms with Gasteiger partial charge in [-0.1, -0.05) is 23.7 Å². The predicted octanol–water partition coefficient (Wildman–Crippen LogP) is 3.68. The van der Waals surface area contributed by atoms with E-state index in [1.165, 1.54) is 4.31 Å². The number of nitrogens with zero attached hydrogens (tertiary/aromatic N) is 2. The fourth-order valence-electron chi connectivity index (χ4n) is 3.18. The van der Waals surface area contributed by atoms with Gasteiger partial charge in [0.05, 0.1) is 22.6 Å². The molecule has 6 nitrogen and oxygen atoms in total. The fraction of sp³-hybridized carbons (Fsp3) is 0.158. The Kier molecular flexibility index (Phi) is 4.49. The van der Waals surface area contributed by atoms with Crippen molar-refractivity contribution in [1.82, 2.24) is 4.98 Å². The number of halogens is 1. The summed E-state index contributed by atoms with van der Waals surface area (Å²) in [5.41, 5.74) is 1.99. The summed E-state index contributed by atoms with van der Waals surface area (Å²) in [6, 6.07) is 13.7. The molecular formula is C19H16ClN3O3S. The molecule has 0 radical (unpaired) electrons. The number of sulfonamides is 1. The minimum Gasteiger partial charge on any atom is -0.320 e. The van der Waals surface area contributed by atoms with Crippen molar-refractivity contribution in [2.24, 2.45) is 0 Å². The Morgan fingerprint density at radius 3 is 2.78 bits per heavy atom. The van der Waals surface area contributed by atoms with Gasteiger partial charge < -0.3 is 5.32 Å². The summed E-state index contributed by atoms with van der Waals surface area (Å²) in [7, 11) is -3.30. The van der Waals surface area contributed by atoms with Crippen LogP contribution in [0.4, 0.5) is 11.4 Å². The van der Waals surface area contributed by atoms with E-state index in [-0.39, 0.29) is 11.7 Å². The molecule has 0 aliphatic carbocycles. The minimum absolute atomic E-state index is 0.129. The lowest BCUT2D eigenvalue weighted by atomic mass is 10.1. The number of anilines is 2. The Bertz CT molecular complexity index is 1150. The number of carbonyl (C=O) groups is 1. The van der Waals surface area contributed by atoms with Crippen LogP contribution in [0.25, 0.3) is 10.9 Å². The molecule has 3 aromatic rings. The summed E-state index contributed by atoms with van der Waals surface area (Å²) in [4.78, 5) is 17.1. The van der Waals surface area contributed by atoms with E-state index < -0.39 is 10.0 Å². The van der Waals surface area contributed by atoms with E-state index in [1.807, 2.05) is 6.07 Å². The number of amides is 1. The maximum absolute atomic E-state index is 12.7. The normalized spacial score (nSPS) is 15.8. The third-order valence-corrected chi connectivity index (χ3v) is 6.50. The Hall–Kier alpha value is -2.64. The lowest BCUT2D eigenvalue weighted by molar-refractivity contribution is 0.102. The van der Waals surface area contributed by atoms with E-state index in [0.29, 0.717) is 40.4 Å². The van der Waals surface area contributed by atoms with Crippen LogP contribution in [0.1, 0.15) is 16.8 Å². The molecule has 1 amide bonds. The smallest absolute Gasteiger partial charge is 0.255 e. The van der Waals surface area contributed by atoms with E-state index >= 15 is 0 Å². The quantitative estimate of drug-likeness (QED) is 0.726. The van der Waals surface area contributed by atoms with E-state index in [1.54, 1.807) is 48.7 Å². The van der Waals surface area contributed by atoms with Crippen molar-refractivity contribution in [2.75, 3.05) is 21.9 Å². The average Bonchev–Trinajstić information content (AvgIpc) is 3.01. The van der Waals surface area contributed by atoms with Crippen LogP contribution in [-0.2, 0) is 10.0 Å². The third-order valence-electron chi connectivity index (χ3n) is 4.41. The van der Waals surface area contributed by atoms with Gasteiger partial charge in [0.1, 0.15) is 0 Å². The Labute approximate surface area is 161 Å². The molecule has 0 unspecified atom stereocenters. The highest BCUT2D eigenvalue weighted by molar-refractivity contribution is 7.93.